The molecule has 0 aliphatic carbocycles. The maximum Gasteiger partial charge on any atom is 0.408 e. The second kappa shape index (κ2) is 18.3. The SMILES string of the molecule is CC[C@H]1OC(=O)C(C)C(=O)[C@H](C)[C@@H](O[C@@H]2OC(CNCCc3ccc(F)cc3)CC(N(C)C)C2O)[C@](C)(OC)C[C@@H](C)CN[C@H](C)[C@H]2NC(=O)O[C@@]21C. The monoisotopic (exact) mass is 750 g/mol. The molecule has 1 amide bonds. The number of benzene rings is 1. The van der Waals surface area contributed by atoms with Crippen LogP contribution in [0.3, 0.4) is 0 Å². The zero-order chi connectivity index (χ0) is 39.2. The fourth-order valence-electron chi connectivity index (χ4n) is 8.30. The van der Waals surface area contributed by atoms with Crippen molar-refractivity contribution in [2.24, 2.45) is 17.8 Å². The lowest BCUT2D eigenvalue weighted by molar-refractivity contribution is -0.297. The van der Waals surface area contributed by atoms with E-state index in [1.165, 1.54) is 19.1 Å². The Hall–Kier alpha value is -2.72. The van der Waals surface area contributed by atoms with Gasteiger partial charge in [-0.15, -0.1) is 0 Å². The number of carbonyl (C=O) groups excluding carboxylic acids is 3. The largest absolute Gasteiger partial charge is 0.458 e. The highest BCUT2D eigenvalue weighted by atomic mass is 19.1. The molecule has 4 N–H and O–H groups in total. The van der Waals surface area contributed by atoms with Crippen LogP contribution in [-0.2, 0) is 39.7 Å². The van der Waals surface area contributed by atoms with Crippen molar-refractivity contribution in [2.45, 2.75) is 134 Å². The number of ketones is 1. The standard InChI is InChI=1S/C39H63FN4O9/c1-11-30-39(7)33(43-37(48)53-39)25(5)42-20-22(2)19-38(6,49-10)34(23(3)31(45)24(4)35(47)51-30)52-36-32(46)29(44(8)9)18-28(50-36)21-41-17-16-26-12-14-27(40)15-13-26/h12-15,22-25,28-30,32-34,36,41-42,46H,11,16-21H2,1-10H3,(H,43,48)/t22-,23+,24?,25-,28?,29?,30-,32?,33-,34-,36+,38-,39-/m1/s1. The molecule has 3 heterocycles. The van der Waals surface area contributed by atoms with Gasteiger partial charge in [0.25, 0.3) is 0 Å². The summed E-state index contributed by atoms with van der Waals surface area (Å²) in [7, 11) is 5.35. The quantitative estimate of drug-likeness (QED) is 0.158. The molecule has 1 aromatic carbocycles. The van der Waals surface area contributed by atoms with Gasteiger partial charge in [0.1, 0.15) is 23.9 Å². The third-order valence-corrected chi connectivity index (χ3v) is 11.6. The van der Waals surface area contributed by atoms with E-state index in [4.69, 9.17) is 23.7 Å². The first-order valence-corrected chi connectivity index (χ1v) is 19.1. The molecule has 0 aromatic heterocycles. The van der Waals surface area contributed by atoms with Crippen LogP contribution in [0.4, 0.5) is 9.18 Å². The van der Waals surface area contributed by atoms with Crippen molar-refractivity contribution in [2.75, 3.05) is 40.8 Å². The number of aliphatic hydroxyl groups excluding tert-OH is 1. The van der Waals surface area contributed by atoms with E-state index >= 15 is 0 Å². The Labute approximate surface area is 314 Å². The fraction of sp³-hybridized carbons (Fsp3) is 0.769. The Morgan fingerprint density at radius 1 is 1.09 bits per heavy atom. The minimum Gasteiger partial charge on any atom is -0.458 e. The number of amides is 1. The fourth-order valence-corrected chi connectivity index (χ4v) is 8.30. The molecule has 53 heavy (non-hydrogen) atoms. The van der Waals surface area contributed by atoms with Crippen molar-refractivity contribution >= 4 is 17.8 Å². The number of cyclic esters (lactones) is 1. The van der Waals surface area contributed by atoms with Gasteiger partial charge in [0.2, 0.25) is 0 Å². The predicted octanol–water partition coefficient (Wildman–Crippen LogP) is 3.20. The van der Waals surface area contributed by atoms with Gasteiger partial charge in [0, 0.05) is 31.7 Å². The molecule has 13 nitrogen and oxygen atoms in total. The Morgan fingerprint density at radius 3 is 2.40 bits per heavy atom. The van der Waals surface area contributed by atoms with Crippen molar-refractivity contribution < 1.29 is 47.6 Å². The number of halogens is 1. The molecule has 3 saturated heterocycles. The lowest BCUT2D eigenvalue weighted by Crippen LogP contribution is -2.60. The number of carbonyl (C=O) groups is 3. The second-order valence-corrected chi connectivity index (χ2v) is 16.0. The molecule has 1 aromatic rings. The summed E-state index contributed by atoms with van der Waals surface area (Å²) in [6.45, 7) is 14.4. The third kappa shape index (κ3) is 10.1. The van der Waals surface area contributed by atoms with Gasteiger partial charge in [0.15, 0.2) is 17.7 Å². The molecule has 0 radical (unpaired) electrons. The number of ether oxygens (including phenoxy) is 5. The van der Waals surface area contributed by atoms with Crippen molar-refractivity contribution in [3.05, 3.63) is 35.6 Å². The van der Waals surface area contributed by atoms with E-state index in [2.05, 4.69) is 22.9 Å². The van der Waals surface area contributed by atoms with Gasteiger partial charge < -0.3 is 49.6 Å². The molecule has 0 bridgehead atoms. The summed E-state index contributed by atoms with van der Waals surface area (Å²) < 4.78 is 44.5. The number of methoxy groups -OCH3 is 1. The Kier molecular flexibility index (Phi) is 14.8. The molecule has 14 heteroatoms. The highest BCUT2D eigenvalue weighted by molar-refractivity contribution is 6.00. The van der Waals surface area contributed by atoms with Gasteiger partial charge in [-0.05, 0) is 104 Å². The number of nitrogens with zero attached hydrogens (tertiary/aromatic N) is 1. The van der Waals surface area contributed by atoms with Gasteiger partial charge in [0.05, 0.1) is 23.9 Å². The van der Waals surface area contributed by atoms with Crippen LogP contribution in [0.25, 0.3) is 0 Å². The van der Waals surface area contributed by atoms with Crippen LogP contribution in [0.1, 0.15) is 73.3 Å². The van der Waals surface area contributed by atoms with Gasteiger partial charge in [-0.3, -0.25) is 9.59 Å². The maximum atomic E-state index is 14.3. The van der Waals surface area contributed by atoms with E-state index in [0.29, 0.717) is 45.3 Å². The first-order valence-electron chi connectivity index (χ1n) is 19.1. The van der Waals surface area contributed by atoms with Crippen LogP contribution in [0.15, 0.2) is 24.3 Å². The summed E-state index contributed by atoms with van der Waals surface area (Å²) in [6.07, 6.45) is -2.81. The molecular formula is C39H63FN4O9. The molecule has 13 atom stereocenters. The lowest BCUT2D eigenvalue weighted by Gasteiger charge is -2.47. The zero-order valence-corrected chi connectivity index (χ0v) is 33.1. The molecule has 4 rings (SSSR count). The van der Waals surface area contributed by atoms with Gasteiger partial charge in [-0.2, -0.15) is 0 Å². The summed E-state index contributed by atoms with van der Waals surface area (Å²) in [5.74, 6) is -3.49. The smallest absolute Gasteiger partial charge is 0.408 e. The molecular weight excluding hydrogens is 687 g/mol. The number of fused-ring (bicyclic) bond motifs is 1. The summed E-state index contributed by atoms with van der Waals surface area (Å²) >= 11 is 0. The number of nitrogens with one attached hydrogen (secondary N) is 3. The van der Waals surface area contributed by atoms with Crippen LogP contribution in [-0.4, -0.2) is 129 Å². The maximum absolute atomic E-state index is 14.3. The highest BCUT2D eigenvalue weighted by Gasteiger charge is 2.55. The summed E-state index contributed by atoms with van der Waals surface area (Å²) in [4.78, 5) is 42.5. The third-order valence-electron chi connectivity index (χ3n) is 11.6. The van der Waals surface area contributed by atoms with Crippen LogP contribution < -0.4 is 16.0 Å². The highest BCUT2D eigenvalue weighted by Crippen LogP contribution is 2.37. The van der Waals surface area contributed by atoms with Crippen molar-refractivity contribution in [3.63, 3.8) is 0 Å². The van der Waals surface area contributed by atoms with E-state index < -0.39 is 71.5 Å². The molecule has 3 fully saturated rings. The van der Waals surface area contributed by atoms with Gasteiger partial charge in [-0.25, -0.2) is 9.18 Å². The molecule has 0 spiro atoms. The number of rotatable bonds is 10. The van der Waals surface area contributed by atoms with Crippen LogP contribution >= 0.6 is 0 Å². The number of esters is 1. The Balaban J connectivity index is 1.60. The number of hydrogen-bond donors (Lipinski definition) is 4. The van der Waals surface area contributed by atoms with E-state index in [1.54, 1.807) is 33.1 Å². The second-order valence-electron chi connectivity index (χ2n) is 16.0. The lowest BCUT2D eigenvalue weighted by atomic mass is 9.78. The van der Waals surface area contributed by atoms with Crippen molar-refractivity contribution in [1.82, 2.24) is 20.9 Å². The number of aliphatic hydroxyl groups is 1. The first kappa shape index (κ1) is 43.0. The Bertz CT molecular complexity index is 1390. The molecule has 4 unspecified atom stereocenters. The first-order chi connectivity index (χ1) is 24.9. The van der Waals surface area contributed by atoms with Crippen LogP contribution in [0, 0.1) is 23.6 Å². The number of hydrogen-bond acceptors (Lipinski definition) is 12. The number of alkyl carbamates (subject to hydrolysis) is 1. The average molecular weight is 751 g/mol. The Morgan fingerprint density at radius 2 is 1.77 bits per heavy atom. The van der Waals surface area contributed by atoms with Crippen LogP contribution in [0.2, 0.25) is 0 Å². The normalized spacial score (nSPS) is 39.0. The molecule has 3 aliphatic rings. The summed E-state index contributed by atoms with van der Waals surface area (Å²) in [5, 5.41) is 21.5. The van der Waals surface area contributed by atoms with Crippen LogP contribution in [0.5, 0.6) is 0 Å². The van der Waals surface area contributed by atoms with E-state index in [0.717, 1.165) is 5.56 Å². The number of likely N-dealkylation sites (N-methyl/N-ethyl adjacent to an activating group) is 1. The summed E-state index contributed by atoms with van der Waals surface area (Å²) in [6, 6.07) is 5.33. The molecule has 0 saturated carbocycles. The number of Topliss-reactive ketones (excluding diaryl/α,β-unsaturated/α-hetero) is 1. The van der Waals surface area contributed by atoms with E-state index in [9.17, 15) is 23.9 Å². The minimum atomic E-state index is -1.18. The van der Waals surface area contributed by atoms with Gasteiger partial charge >= 0.3 is 12.1 Å². The molecule has 300 valence electrons. The molecule has 3 aliphatic heterocycles. The van der Waals surface area contributed by atoms with E-state index in [1.807, 2.05) is 39.8 Å². The minimum absolute atomic E-state index is 0.00716. The average Bonchev–Trinajstić information content (AvgIpc) is 3.44. The van der Waals surface area contributed by atoms with Crippen molar-refractivity contribution in [1.29, 1.82) is 0 Å². The summed E-state index contributed by atoms with van der Waals surface area (Å²) in [5.41, 5.74) is -1.24. The zero-order valence-electron chi connectivity index (χ0n) is 33.1. The van der Waals surface area contributed by atoms with E-state index in [-0.39, 0.29) is 29.9 Å². The van der Waals surface area contributed by atoms with Crippen molar-refractivity contribution in [3.8, 4) is 0 Å². The van der Waals surface area contributed by atoms with Gasteiger partial charge in [-0.1, -0.05) is 32.9 Å². The predicted molar refractivity (Wildman–Crippen MR) is 197 cm³/mol. The topological polar surface area (TPSA) is 157 Å².